The molecule has 6 heteroatoms. The van der Waals surface area contributed by atoms with E-state index < -0.39 is 12.0 Å². The van der Waals surface area contributed by atoms with Gasteiger partial charge in [-0.25, -0.2) is 4.79 Å². The molecule has 0 aliphatic carbocycles. The first-order chi connectivity index (χ1) is 12.2. The second-order valence-corrected chi connectivity index (χ2v) is 6.56. The molecule has 25 heavy (non-hydrogen) atoms. The summed E-state index contributed by atoms with van der Waals surface area (Å²) in [6.45, 7) is 3.01. The van der Waals surface area contributed by atoms with Crippen LogP contribution in [-0.2, 0) is 16.0 Å². The van der Waals surface area contributed by atoms with Gasteiger partial charge in [0.25, 0.3) is 0 Å². The van der Waals surface area contributed by atoms with E-state index in [0.29, 0.717) is 13.0 Å². The number of nitrogens with one attached hydrogen (secondary N) is 2. The van der Waals surface area contributed by atoms with Crippen LogP contribution in [0.3, 0.4) is 0 Å². The molecule has 1 aliphatic rings. The SMILES string of the molecule is O=CNC(Cc1ccc(OCCCCC2CCNCC2)cc1)C(=O)O. The topological polar surface area (TPSA) is 87.7 Å². The van der Waals surface area contributed by atoms with Crippen LogP contribution in [0.1, 0.15) is 37.7 Å². The highest BCUT2D eigenvalue weighted by atomic mass is 16.5. The van der Waals surface area contributed by atoms with Crippen LogP contribution in [0.25, 0.3) is 0 Å². The third-order valence-corrected chi connectivity index (χ3v) is 4.66. The molecule has 1 fully saturated rings. The summed E-state index contributed by atoms with van der Waals surface area (Å²) in [5.74, 6) is 0.615. The number of carboxylic acids is 1. The maximum absolute atomic E-state index is 11.0. The van der Waals surface area contributed by atoms with E-state index in [-0.39, 0.29) is 6.42 Å². The average molecular weight is 348 g/mol. The molecule has 3 N–H and O–H groups in total. The molecule has 1 amide bonds. The summed E-state index contributed by atoms with van der Waals surface area (Å²) in [7, 11) is 0. The van der Waals surface area contributed by atoms with E-state index in [1.165, 1.54) is 25.7 Å². The molecule has 1 atom stereocenters. The zero-order valence-electron chi connectivity index (χ0n) is 14.6. The summed E-state index contributed by atoms with van der Waals surface area (Å²) in [4.78, 5) is 21.5. The van der Waals surface area contributed by atoms with Gasteiger partial charge >= 0.3 is 5.97 Å². The molecule has 0 spiro atoms. The number of piperidine rings is 1. The Hall–Kier alpha value is -2.08. The molecular formula is C19H28N2O4. The van der Waals surface area contributed by atoms with E-state index in [9.17, 15) is 9.59 Å². The third-order valence-electron chi connectivity index (χ3n) is 4.66. The number of carboxylic acid groups (broad SMARTS) is 1. The van der Waals surface area contributed by atoms with Crippen molar-refractivity contribution in [2.24, 2.45) is 5.92 Å². The third kappa shape index (κ3) is 7.13. The summed E-state index contributed by atoms with van der Waals surface area (Å²) >= 11 is 0. The molecule has 1 saturated heterocycles. The lowest BCUT2D eigenvalue weighted by Crippen LogP contribution is -2.37. The number of carbonyl (C=O) groups excluding carboxylic acids is 1. The van der Waals surface area contributed by atoms with E-state index in [1.807, 2.05) is 24.3 Å². The number of unbranched alkanes of at least 4 members (excludes halogenated alkanes) is 1. The summed E-state index contributed by atoms with van der Waals surface area (Å²) in [6.07, 6.45) is 6.78. The number of ether oxygens (including phenoxy) is 1. The van der Waals surface area contributed by atoms with Gasteiger partial charge in [0.15, 0.2) is 0 Å². The summed E-state index contributed by atoms with van der Waals surface area (Å²) in [5.41, 5.74) is 0.847. The van der Waals surface area contributed by atoms with E-state index in [0.717, 1.165) is 36.7 Å². The van der Waals surface area contributed by atoms with Gasteiger partial charge in [-0.1, -0.05) is 18.6 Å². The van der Waals surface area contributed by atoms with Crippen molar-refractivity contribution in [1.82, 2.24) is 10.6 Å². The number of hydrogen-bond acceptors (Lipinski definition) is 4. The first-order valence-corrected chi connectivity index (χ1v) is 9.04. The minimum Gasteiger partial charge on any atom is -0.494 e. The molecule has 1 aromatic rings. The van der Waals surface area contributed by atoms with Crippen LogP contribution in [0.2, 0.25) is 0 Å². The number of amides is 1. The highest BCUT2D eigenvalue weighted by Crippen LogP contribution is 2.19. The predicted molar refractivity (Wildman–Crippen MR) is 95.7 cm³/mol. The van der Waals surface area contributed by atoms with Crippen LogP contribution in [0.5, 0.6) is 5.75 Å². The number of rotatable bonds is 11. The molecule has 6 nitrogen and oxygen atoms in total. The van der Waals surface area contributed by atoms with Crippen LogP contribution < -0.4 is 15.4 Å². The van der Waals surface area contributed by atoms with Gasteiger partial charge in [0.05, 0.1) is 6.61 Å². The normalized spacial score (nSPS) is 16.2. The van der Waals surface area contributed by atoms with Crippen molar-refractivity contribution < 1.29 is 19.4 Å². The zero-order valence-corrected chi connectivity index (χ0v) is 14.6. The fourth-order valence-electron chi connectivity index (χ4n) is 3.15. The van der Waals surface area contributed by atoms with Crippen molar-refractivity contribution in [3.8, 4) is 5.75 Å². The number of carbonyl (C=O) groups is 2. The van der Waals surface area contributed by atoms with Crippen LogP contribution in [0.4, 0.5) is 0 Å². The Bertz CT molecular complexity index is 527. The van der Waals surface area contributed by atoms with Gasteiger partial charge in [0.2, 0.25) is 6.41 Å². The minimum absolute atomic E-state index is 0.255. The molecule has 1 heterocycles. The molecule has 0 saturated carbocycles. The summed E-state index contributed by atoms with van der Waals surface area (Å²) < 4.78 is 5.75. The van der Waals surface area contributed by atoms with Crippen molar-refractivity contribution in [3.05, 3.63) is 29.8 Å². The Balaban J connectivity index is 1.65. The lowest BCUT2D eigenvalue weighted by Gasteiger charge is -2.22. The maximum Gasteiger partial charge on any atom is 0.326 e. The Morgan fingerprint density at radius 3 is 2.64 bits per heavy atom. The fourth-order valence-corrected chi connectivity index (χ4v) is 3.15. The maximum atomic E-state index is 11.0. The molecule has 138 valence electrons. The van der Waals surface area contributed by atoms with Crippen LogP contribution >= 0.6 is 0 Å². The highest BCUT2D eigenvalue weighted by molar-refractivity contribution is 5.76. The Labute approximate surface area is 149 Å². The quantitative estimate of drug-likeness (QED) is 0.420. The first-order valence-electron chi connectivity index (χ1n) is 9.04. The first kappa shape index (κ1) is 19.2. The van der Waals surface area contributed by atoms with Crippen molar-refractivity contribution in [1.29, 1.82) is 0 Å². The van der Waals surface area contributed by atoms with E-state index in [2.05, 4.69) is 10.6 Å². The van der Waals surface area contributed by atoms with Gasteiger partial charge in [-0.15, -0.1) is 0 Å². The highest BCUT2D eigenvalue weighted by Gasteiger charge is 2.16. The molecule has 1 aromatic carbocycles. The predicted octanol–water partition coefficient (Wildman–Crippen LogP) is 1.98. The summed E-state index contributed by atoms with van der Waals surface area (Å²) in [5, 5.41) is 14.7. The second-order valence-electron chi connectivity index (χ2n) is 6.56. The lowest BCUT2D eigenvalue weighted by atomic mass is 9.93. The zero-order chi connectivity index (χ0) is 17.9. The molecule has 0 radical (unpaired) electrons. The van der Waals surface area contributed by atoms with Crippen molar-refractivity contribution in [3.63, 3.8) is 0 Å². The van der Waals surface area contributed by atoms with Crippen LogP contribution in [0, 0.1) is 5.92 Å². The number of hydrogen-bond donors (Lipinski definition) is 3. The van der Waals surface area contributed by atoms with E-state index >= 15 is 0 Å². The minimum atomic E-state index is -1.04. The summed E-state index contributed by atoms with van der Waals surface area (Å²) in [6, 6.07) is 6.47. The Morgan fingerprint density at radius 1 is 1.28 bits per heavy atom. The molecule has 0 bridgehead atoms. The van der Waals surface area contributed by atoms with Crippen LogP contribution in [0.15, 0.2) is 24.3 Å². The average Bonchev–Trinajstić information content (AvgIpc) is 2.63. The smallest absolute Gasteiger partial charge is 0.326 e. The van der Waals surface area contributed by atoms with Gasteiger partial charge in [0, 0.05) is 6.42 Å². The van der Waals surface area contributed by atoms with Gasteiger partial charge in [0.1, 0.15) is 11.8 Å². The van der Waals surface area contributed by atoms with E-state index in [4.69, 9.17) is 9.84 Å². The van der Waals surface area contributed by atoms with Gasteiger partial charge in [-0.05, 0) is 62.4 Å². The number of benzene rings is 1. The Kier molecular flexibility index (Phi) is 8.25. The fraction of sp³-hybridized carbons (Fsp3) is 0.579. The molecular weight excluding hydrogens is 320 g/mol. The van der Waals surface area contributed by atoms with Crippen LogP contribution in [-0.4, -0.2) is 43.2 Å². The van der Waals surface area contributed by atoms with Gasteiger partial charge in [-0.2, -0.15) is 0 Å². The monoisotopic (exact) mass is 348 g/mol. The second kappa shape index (κ2) is 10.7. The lowest BCUT2D eigenvalue weighted by molar-refractivity contribution is -0.140. The van der Waals surface area contributed by atoms with Crippen molar-refractivity contribution in [2.45, 2.75) is 44.6 Å². The molecule has 1 unspecified atom stereocenters. The van der Waals surface area contributed by atoms with E-state index in [1.54, 1.807) is 0 Å². The molecule has 0 aromatic heterocycles. The van der Waals surface area contributed by atoms with Gasteiger partial charge < -0.3 is 20.5 Å². The van der Waals surface area contributed by atoms with Gasteiger partial charge in [-0.3, -0.25) is 4.79 Å². The standard InChI is InChI=1S/C19H28N2O4/c22-14-21-18(19(23)24)13-16-4-6-17(7-5-16)25-12-2-1-3-15-8-10-20-11-9-15/h4-7,14-15,18,20H,1-3,8-13H2,(H,21,22)(H,23,24). The molecule has 2 rings (SSSR count). The molecule has 1 aliphatic heterocycles. The number of aliphatic carboxylic acids is 1. The van der Waals surface area contributed by atoms with Crippen molar-refractivity contribution in [2.75, 3.05) is 19.7 Å². The Morgan fingerprint density at radius 2 is 2.00 bits per heavy atom. The van der Waals surface area contributed by atoms with Crippen molar-refractivity contribution >= 4 is 12.4 Å². The largest absolute Gasteiger partial charge is 0.494 e.